The van der Waals surface area contributed by atoms with Crippen LogP contribution in [0.3, 0.4) is 0 Å². The highest BCUT2D eigenvalue weighted by Crippen LogP contribution is 2.28. The number of nitrogens with zero attached hydrogens (tertiary/aromatic N) is 2. The van der Waals surface area contributed by atoms with Gasteiger partial charge in [0.15, 0.2) is 0 Å². The molecule has 1 amide bonds. The first-order chi connectivity index (χ1) is 16.4. The number of anilines is 3. The molecule has 7 nitrogen and oxygen atoms in total. The van der Waals surface area contributed by atoms with Crippen molar-refractivity contribution in [1.29, 1.82) is 0 Å². The van der Waals surface area contributed by atoms with Crippen LogP contribution in [0.5, 0.6) is 0 Å². The Kier molecular flexibility index (Phi) is 7.19. The van der Waals surface area contributed by atoms with E-state index in [2.05, 4.69) is 10.2 Å². The second-order valence-corrected chi connectivity index (χ2v) is 10.1. The molecule has 0 aromatic heterocycles. The molecule has 3 aromatic carbocycles. The number of rotatable bonds is 7. The average Bonchev–Trinajstić information content (AvgIpc) is 2.86. The van der Waals surface area contributed by atoms with E-state index < -0.39 is 15.9 Å². The zero-order valence-electron chi connectivity index (χ0n) is 19.4. The number of carbonyl (C=O) groups excluding carboxylic acids is 1. The van der Waals surface area contributed by atoms with E-state index in [0.29, 0.717) is 24.6 Å². The van der Waals surface area contributed by atoms with E-state index in [1.165, 1.54) is 16.4 Å². The minimum atomic E-state index is -3.95. The smallest absolute Gasteiger partial charge is 0.264 e. The molecule has 1 aliphatic rings. The van der Waals surface area contributed by atoms with Crippen LogP contribution in [0, 0.1) is 13.8 Å². The molecule has 1 saturated heterocycles. The molecule has 178 valence electrons. The Hall–Kier alpha value is -3.36. The van der Waals surface area contributed by atoms with E-state index in [1.54, 1.807) is 30.3 Å². The maximum absolute atomic E-state index is 13.5. The maximum Gasteiger partial charge on any atom is 0.264 e. The minimum Gasteiger partial charge on any atom is -0.378 e. The quantitative estimate of drug-likeness (QED) is 0.555. The normalized spacial score (nSPS) is 14.0. The Balaban J connectivity index is 1.56. The highest BCUT2D eigenvalue weighted by Gasteiger charge is 2.28. The van der Waals surface area contributed by atoms with Gasteiger partial charge in [-0.1, -0.05) is 30.3 Å². The van der Waals surface area contributed by atoms with Gasteiger partial charge in [-0.15, -0.1) is 0 Å². The van der Waals surface area contributed by atoms with Gasteiger partial charge in [0.1, 0.15) is 6.54 Å². The van der Waals surface area contributed by atoms with E-state index in [4.69, 9.17) is 4.74 Å². The molecule has 0 radical (unpaired) electrons. The standard InChI is InChI=1S/C26H29N3O4S/c1-20-7-6-10-25(21(20)2)29(34(31,32)24-8-4-3-5-9-24)19-26(30)27-22-11-13-23(14-12-22)28-15-17-33-18-16-28/h3-14H,15-19H2,1-2H3,(H,27,30). The zero-order chi connectivity index (χ0) is 24.1. The largest absolute Gasteiger partial charge is 0.378 e. The molecule has 0 bridgehead atoms. The molecule has 0 unspecified atom stereocenters. The third kappa shape index (κ3) is 5.24. The molecule has 3 aromatic rings. The van der Waals surface area contributed by atoms with Crippen LogP contribution in [0.15, 0.2) is 77.7 Å². The van der Waals surface area contributed by atoms with Gasteiger partial charge in [0.05, 0.1) is 23.8 Å². The topological polar surface area (TPSA) is 79.0 Å². The summed E-state index contributed by atoms with van der Waals surface area (Å²) >= 11 is 0. The molecule has 1 heterocycles. The number of amides is 1. The van der Waals surface area contributed by atoms with Crippen LogP contribution < -0.4 is 14.5 Å². The van der Waals surface area contributed by atoms with Crippen molar-refractivity contribution in [2.24, 2.45) is 0 Å². The van der Waals surface area contributed by atoms with Gasteiger partial charge in [0.25, 0.3) is 10.0 Å². The number of aryl methyl sites for hydroxylation is 1. The molecule has 1 N–H and O–H groups in total. The van der Waals surface area contributed by atoms with Crippen molar-refractivity contribution in [3.63, 3.8) is 0 Å². The van der Waals surface area contributed by atoms with Gasteiger partial charge in [-0.3, -0.25) is 9.10 Å². The van der Waals surface area contributed by atoms with Crippen molar-refractivity contribution in [1.82, 2.24) is 0 Å². The van der Waals surface area contributed by atoms with Gasteiger partial charge >= 0.3 is 0 Å². The summed E-state index contributed by atoms with van der Waals surface area (Å²) in [4.78, 5) is 15.4. The van der Waals surface area contributed by atoms with Gasteiger partial charge in [0, 0.05) is 24.5 Å². The van der Waals surface area contributed by atoms with Crippen molar-refractivity contribution in [2.75, 3.05) is 47.4 Å². The molecular formula is C26H29N3O4S. The average molecular weight is 480 g/mol. The predicted octanol–water partition coefficient (Wildman–Crippen LogP) is 3.97. The van der Waals surface area contributed by atoms with Crippen LogP contribution in [0.2, 0.25) is 0 Å². The highest BCUT2D eigenvalue weighted by molar-refractivity contribution is 7.92. The number of nitrogens with one attached hydrogen (secondary N) is 1. The Labute approximate surface area is 201 Å². The van der Waals surface area contributed by atoms with Crippen molar-refractivity contribution >= 4 is 33.0 Å². The summed E-state index contributed by atoms with van der Waals surface area (Å²) < 4.78 is 33.6. The monoisotopic (exact) mass is 479 g/mol. The fourth-order valence-electron chi connectivity index (χ4n) is 3.93. The SMILES string of the molecule is Cc1cccc(N(CC(=O)Nc2ccc(N3CCOCC3)cc2)S(=O)(=O)c2ccccc2)c1C. The third-order valence-corrected chi connectivity index (χ3v) is 7.76. The second-order valence-electron chi connectivity index (χ2n) is 8.24. The fraction of sp³-hybridized carbons (Fsp3) is 0.269. The first kappa shape index (κ1) is 23.8. The molecular weight excluding hydrogens is 450 g/mol. The predicted molar refractivity (Wildman–Crippen MR) is 135 cm³/mol. The first-order valence-corrected chi connectivity index (χ1v) is 12.7. The van der Waals surface area contributed by atoms with Crippen molar-refractivity contribution < 1.29 is 17.9 Å². The number of sulfonamides is 1. The van der Waals surface area contributed by atoms with Crippen molar-refractivity contribution in [3.8, 4) is 0 Å². The lowest BCUT2D eigenvalue weighted by Gasteiger charge is -2.29. The third-order valence-electron chi connectivity index (χ3n) is 5.99. The summed E-state index contributed by atoms with van der Waals surface area (Å²) in [6.45, 7) is 6.49. The molecule has 1 fully saturated rings. The lowest BCUT2D eigenvalue weighted by molar-refractivity contribution is -0.114. The molecule has 8 heteroatoms. The summed E-state index contributed by atoms with van der Waals surface area (Å²) in [6, 6.07) is 21.2. The lowest BCUT2D eigenvalue weighted by Crippen LogP contribution is -2.38. The Morgan fingerprint density at radius 3 is 2.29 bits per heavy atom. The summed E-state index contributed by atoms with van der Waals surface area (Å²) in [5.74, 6) is -0.417. The maximum atomic E-state index is 13.5. The van der Waals surface area contributed by atoms with Crippen molar-refractivity contribution in [3.05, 3.63) is 83.9 Å². The Morgan fingerprint density at radius 2 is 1.62 bits per heavy atom. The van der Waals surface area contributed by atoms with Crippen LogP contribution in [-0.2, 0) is 19.6 Å². The molecule has 1 aliphatic heterocycles. The zero-order valence-corrected chi connectivity index (χ0v) is 20.2. The van der Waals surface area contributed by atoms with E-state index in [9.17, 15) is 13.2 Å². The summed E-state index contributed by atoms with van der Waals surface area (Å²) in [7, 11) is -3.95. The first-order valence-electron chi connectivity index (χ1n) is 11.2. The summed E-state index contributed by atoms with van der Waals surface area (Å²) in [5, 5.41) is 2.84. The number of ether oxygens (including phenoxy) is 1. The Bertz CT molecular complexity index is 1240. The second kappa shape index (κ2) is 10.3. The van der Waals surface area contributed by atoms with Gasteiger partial charge in [0.2, 0.25) is 5.91 Å². The molecule has 0 spiro atoms. The van der Waals surface area contributed by atoms with Crippen LogP contribution in [0.4, 0.5) is 17.1 Å². The van der Waals surface area contributed by atoms with Gasteiger partial charge in [-0.05, 0) is 67.4 Å². The fourth-order valence-corrected chi connectivity index (χ4v) is 5.43. The van der Waals surface area contributed by atoms with E-state index in [1.807, 2.05) is 44.2 Å². The number of carbonyl (C=O) groups is 1. The molecule has 34 heavy (non-hydrogen) atoms. The number of benzene rings is 3. The molecule has 0 saturated carbocycles. The molecule has 0 aliphatic carbocycles. The van der Waals surface area contributed by atoms with E-state index >= 15 is 0 Å². The van der Waals surface area contributed by atoms with E-state index in [-0.39, 0.29) is 11.4 Å². The Morgan fingerprint density at radius 1 is 0.941 bits per heavy atom. The lowest BCUT2D eigenvalue weighted by atomic mass is 10.1. The van der Waals surface area contributed by atoms with Crippen LogP contribution >= 0.6 is 0 Å². The minimum absolute atomic E-state index is 0.138. The van der Waals surface area contributed by atoms with Gasteiger partial charge in [-0.25, -0.2) is 8.42 Å². The number of hydrogen-bond donors (Lipinski definition) is 1. The number of morpholine rings is 1. The van der Waals surface area contributed by atoms with Gasteiger partial charge < -0.3 is 15.0 Å². The summed E-state index contributed by atoms with van der Waals surface area (Å²) in [5.41, 5.74) is 3.92. The number of hydrogen-bond acceptors (Lipinski definition) is 5. The van der Waals surface area contributed by atoms with Gasteiger partial charge in [-0.2, -0.15) is 0 Å². The van der Waals surface area contributed by atoms with Crippen LogP contribution in [0.25, 0.3) is 0 Å². The summed E-state index contributed by atoms with van der Waals surface area (Å²) in [6.07, 6.45) is 0. The molecule has 0 atom stereocenters. The van der Waals surface area contributed by atoms with Crippen LogP contribution in [0.1, 0.15) is 11.1 Å². The van der Waals surface area contributed by atoms with E-state index in [0.717, 1.165) is 29.9 Å². The highest BCUT2D eigenvalue weighted by atomic mass is 32.2. The molecule has 4 rings (SSSR count). The van der Waals surface area contributed by atoms with Crippen LogP contribution in [-0.4, -0.2) is 47.2 Å². The van der Waals surface area contributed by atoms with Crippen molar-refractivity contribution in [2.45, 2.75) is 18.7 Å².